The van der Waals surface area contributed by atoms with Crippen LogP contribution >= 0.6 is 0 Å². The summed E-state index contributed by atoms with van der Waals surface area (Å²) in [5.41, 5.74) is 1.53. The van der Waals surface area contributed by atoms with Crippen molar-refractivity contribution >= 4 is 39.3 Å². The number of nitrogens with zero attached hydrogens (tertiary/aromatic N) is 1. The average Bonchev–Trinajstić information content (AvgIpc) is 3.37. The number of hydrogen-bond donors (Lipinski definition) is 3. The Hall–Kier alpha value is -4.23. The third kappa shape index (κ3) is 9.40. The minimum Gasteiger partial charge on any atom is -0.495 e. The Morgan fingerprint density at radius 3 is 2.06 bits per heavy atom. The maximum absolute atomic E-state index is 13.8. The van der Waals surface area contributed by atoms with Crippen LogP contribution in [-0.4, -0.2) is 63.2 Å². The third-order valence-corrected chi connectivity index (χ3v) is 11.2. The first-order valence-corrected chi connectivity index (χ1v) is 19.1. The zero-order valence-electron chi connectivity index (χ0n) is 32.7. The largest absolute Gasteiger partial charge is 0.495 e. The summed E-state index contributed by atoms with van der Waals surface area (Å²) in [5, 5.41) is 4.97. The van der Waals surface area contributed by atoms with E-state index < -0.39 is 45.1 Å². The van der Waals surface area contributed by atoms with Gasteiger partial charge in [-0.1, -0.05) is 74.4 Å². The van der Waals surface area contributed by atoms with Crippen LogP contribution in [0.1, 0.15) is 107 Å². The number of benzene rings is 2. The van der Waals surface area contributed by atoms with E-state index >= 15 is 0 Å². The number of rotatable bonds is 16. The van der Waals surface area contributed by atoms with Gasteiger partial charge in [0.05, 0.1) is 24.3 Å². The second-order valence-corrected chi connectivity index (χ2v) is 17.4. The Kier molecular flexibility index (Phi) is 13.1. The first kappa shape index (κ1) is 42.2. The van der Waals surface area contributed by atoms with Gasteiger partial charge in [-0.2, -0.15) is 0 Å². The van der Waals surface area contributed by atoms with Gasteiger partial charge in [0.2, 0.25) is 10.0 Å². The molecule has 0 aliphatic carbocycles. The molecule has 13 heteroatoms. The highest BCUT2D eigenvalue weighted by Gasteiger charge is 2.48. The first-order chi connectivity index (χ1) is 24.0. The topological polar surface area (TPSA) is 160 Å². The lowest BCUT2D eigenvalue weighted by molar-refractivity contribution is -0.142. The number of urea groups is 1. The summed E-state index contributed by atoms with van der Waals surface area (Å²) in [6, 6.07) is 7.44. The molecule has 1 fully saturated rings. The average molecular weight is 741 g/mol. The molecule has 1 saturated heterocycles. The molecule has 2 aromatic rings. The van der Waals surface area contributed by atoms with Gasteiger partial charge in [0, 0.05) is 17.5 Å². The second-order valence-electron chi connectivity index (χ2n) is 15.6. The van der Waals surface area contributed by atoms with Gasteiger partial charge in [-0.3, -0.25) is 14.4 Å². The molecule has 1 heterocycles. The minimum absolute atomic E-state index is 0.0179. The number of methoxy groups -OCH3 is 1. The van der Waals surface area contributed by atoms with Gasteiger partial charge in [0.15, 0.2) is 11.8 Å². The van der Waals surface area contributed by atoms with E-state index in [1.54, 1.807) is 34.6 Å². The van der Waals surface area contributed by atoms with Gasteiger partial charge in [0.25, 0.3) is 11.8 Å². The summed E-state index contributed by atoms with van der Waals surface area (Å²) < 4.78 is 40.9. The number of amides is 4. The monoisotopic (exact) mass is 740 g/mol. The van der Waals surface area contributed by atoms with Crippen molar-refractivity contribution in [3.63, 3.8) is 0 Å². The zero-order chi connectivity index (χ0) is 39.4. The summed E-state index contributed by atoms with van der Waals surface area (Å²) >= 11 is 0. The lowest BCUT2D eigenvalue weighted by atomic mass is 9.76. The molecule has 12 nitrogen and oxygen atoms in total. The van der Waals surface area contributed by atoms with Crippen LogP contribution in [0.2, 0.25) is 0 Å². The van der Waals surface area contributed by atoms with Crippen LogP contribution in [0.25, 0.3) is 0 Å². The number of ether oxygens (including phenoxy) is 2. The van der Waals surface area contributed by atoms with E-state index in [0.717, 1.165) is 24.2 Å². The molecule has 1 atom stereocenters. The fourth-order valence-corrected chi connectivity index (χ4v) is 6.57. The predicted octanol–water partition coefficient (Wildman–Crippen LogP) is 6.59. The molecule has 3 N–H and O–H groups in total. The molecule has 1 unspecified atom stereocenters. The number of Topliss-reactive ketones (excluding diaryl/α,β-unsaturated/α-hetero) is 1. The van der Waals surface area contributed by atoms with Gasteiger partial charge in [-0.15, -0.1) is 0 Å². The van der Waals surface area contributed by atoms with Crippen molar-refractivity contribution in [2.75, 3.05) is 25.6 Å². The molecule has 0 aromatic heterocycles. The summed E-state index contributed by atoms with van der Waals surface area (Å²) in [7, 11) is -2.74. The Bertz CT molecular complexity index is 1840. The minimum atomic E-state index is -4.07. The highest BCUT2D eigenvalue weighted by Crippen LogP contribution is 2.38. The van der Waals surface area contributed by atoms with Crippen LogP contribution < -0.4 is 24.8 Å². The van der Waals surface area contributed by atoms with Crippen LogP contribution in [0.4, 0.5) is 10.5 Å². The van der Waals surface area contributed by atoms with Crippen molar-refractivity contribution in [1.29, 1.82) is 0 Å². The molecule has 0 bridgehead atoms. The van der Waals surface area contributed by atoms with E-state index in [0.29, 0.717) is 16.9 Å². The molecule has 0 saturated carbocycles. The molecule has 1 aliphatic heterocycles. The van der Waals surface area contributed by atoms with Crippen molar-refractivity contribution in [2.45, 2.75) is 117 Å². The highest BCUT2D eigenvalue weighted by atomic mass is 32.2. The fourth-order valence-electron chi connectivity index (χ4n) is 5.47. The fraction of sp³-hybridized carbons (Fsp3) is 0.538. The molecule has 2 aromatic carbocycles. The second kappa shape index (κ2) is 16.2. The number of carbonyl (C=O) groups is 4. The Labute approximate surface area is 309 Å². The zero-order valence-corrected chi connectivity index (χ0v) is 33.5. The summed E-state index contributed by atoms with van der Waals surface area (Å²) in [4.78, 5) is 53.8. The van der Waals surface area contributed by atoms with E-state index in [1.807, 2.05) is 6.07 Å². The smallest absolute Gasteiger partial charge is 0.330 e. The molecular formula is C39H56N4O8S. The number of sulfonamides is 1. The number of carbonyl (C=O) groups excluding carboxylic acids is 4. The molecule has 4 amide bonds. The quantitative estimate of drug-likeness (QED) is 0.0753. The van der Waals surface area contributed by atoms with Crippen LogP contribution in [0.3, 0.4) is 0 Å². The van der Waals surface area contributed by atoms with Crippen molar-refractivity contribution in [1.82, 2.24) is 14.9 Å². The maximum Gasteiger partial charge on any atom is 0.330 e. The number of nitrogens with one attached hydrogen (secondary N) is 3. The van der Waals surface area contributed by atoms with Crippen molar-refractivity contribution in [2.24, 2.45) is 5.41 Å². The van der Waals surface area contributed by atoms with E-state index in [1.165, 1.54) is 30.9 Å². The van der Waals surface area contributed by atoms with Gasteiger partial charge >= 0.3 is 6.03 Å². The standard InChI is InChI=1S/C39H56N4O8S/c1-13-38(8,9)25-16-18-29(27(22-25)39(10,11)14-2)51-21-15-20-40-52(48,49)26-17-19-30(50-12)28(23-26)41-34(45)32(33(44)37(5,6)7)43-35(46)31(24(3)4)42-36(43)47/h16-19,22-23,32,40H,13-15,20-21H2,1-12H3,(H,41,45)(H,42,47). The highest BCUT2D eigenvalue weighted by molar-refractivity contribution is 7.89. The molecule has 3 rings (SSSR count). The lowest BCUT2D eigenvalue weighted by Crippen LogP contribution is -2.55. The van der Waals surface area contributed by atoms with E-state index in [4.69, 9.17) is 9.47 Å². The Morgan fingerprint density at radius 1 is 0.904 bits per heavy atom. The van der Waals surface area contributed by atoms with Crippen molar-refractivity contribution in [3.05, 3.63) is 58.8 Å². The van der Waals surface area contributed by atoms with Crippen molar-refractivity contribution in [3.8, 4) is 11.5 Å². The SMILES string of the molecule is CCC(C)(C)c1ccc(OCCCNS(=O)(=O)c2ccc(OC)c(NC(=O)C(C(=O)C(C)(C)C)N3C(=O)NC(=C(C)C)C3=O)c2)c(C(C)(C)CC)c1. The molecule has 52 heavy (non-hydrogen) atoms. The first-order valence-electron chi connectivity index (χ1n) is 17.6. The molecule has 1 aliphatic rings. The summed E-state index contributed by atoms with van der Waals surface area (Å²) in [5.74, 6) is -1.64. The number of ketones is 1. The predicted molar refractivity (Wildman–Crippen MR) is 202 cm³/mol. The summed E-state index contributed by atoms with van der Waals surface area (Å²) in [6.07, 6.45) is 2.29. The molecule has 0 spiro atoms. The number of imide groups is 1. The normalized spacial score (nSPS) is 14.6. The molecular weight excluding hydrogens is 685 g/mol. The van der Waals surface area contributed by atoms with Gasteiger partial charge in [-0.05, 0) is 79.3 Å². The van der Waals surface area contributed by atoms with E-state index in [-0.39, 0.29) is 46.0 Å². The van der Waals surface area contributed by atoms with E-state index in [9.17, 15) is 27.6 Å². The Balaban J connectivity index is 1.79. The number of anilines is 1. The lowest BCUT2D eigenvalue weighted by Gasteiger charge is -2.30. The van der Waals surface area contributed by atoms with Crippen molar-refractivity contribution < 1.29 is 37.1 Å². The Morgan fingerprint density at radius 2 is 1.52 bits per heavy atom. The van der Waals surface area contributed by atoms with Crippen LogP contribution in [0.15, 0.2) is 52.6 Å². The van der Waals surface area contributed by atoms with Gasteiger partial charge in [0.1, 0.15) is 17.2 Å². The van der Waals surface area contributed by atoms with Gasteiger partial charge in [-0.25, -0.2) is 22.8 Å². The van der Waals surface area contributed by atoms with E-state index in [2.05, 4.69) is 69.0 Å². The summed E-state index contributed by atoms with van der Waals surface area (Å²) in [6.45, 7) is 21.4. The van der Waals surface area contributed by atoms with Crippen LogP contribution in [0.5, 0.6) is 11.5 Å². The number of allylic oxidation sites excluding steroid dienone is 1. The van der Waals surface area contributed by atoms with Crippen LogP contribution in [0, 0.1) is 5.41 Å². The molecule has 286 valence electrons. The molecule has 0 radical (unpaired) electrons. The van der Waals surface area contributed by atoms with Crippen LogP contribution in [-0.2, 0) is 35.2 Å². The third-order valence-electron chi connectivity index (χ3n) is 9.75. The maximum atomic E-state index is 13.8. The number of hydrogen-bond acceptors (Lipinski definition) is 8. The van der Waals surface area contributed by atoms with Gasteiger partial charge < -0.3 is 20.1 Å².